The summed E-state index contributed by atoms with van der Waals surface area (Å²) in [5.74, 6) is -0.803. The number of hydrogen-bond donors (Lipinski definition) is 1. The normalized spacial score (nSPS) is 19.6. The minimum atomic E-state index is -0.390. The van der Waals surface area contributed by atoms with Crippen molar-refractivity contribution >= 4 is 11.9 Å². The molecule has 2 heterocycles. The van der Waals surface area contributed by atoms with Crippen LogP contribution in [-0.4, -0.2) is 18.0 Å². The van der Waals surface area contributed by atoms with Gasteiger partial charge >= 0.3 is 5.97 Å². The number of esters is 1. The third-order valence-electron chi connectivity index (χ3n) is 2.98. The van der Waals surface area contributed by atoms with E-state index >= 15 is 0 Å². The van der Waals surface area contributed by atoms with Crippen molar-refractivity contribution < 1.29 is 18.7 Å². The van der Waals surface area contributed by atoms with Crippen molar-refractivity contribution in [3.8, 4) is 0 Å². The van der Waals surface area contributed by atoms with E-state index in [9.17, 15) is 9.59 Å². The highest BCUT2D eigenvalue weighted by Crippen LogP contribution is 2.33. The fourth-order valence-electron chi connectivity index (χ4n) is 2.21. The Balaban J connectivity index is 2.36. The zero-order chi connectivity index (χ0) is 14.0. The minimum absolute atomic E-state index is 0.107. The monoisotopic (exact) mass is 263 g/mol. The molecule has 1 aromatic rings. The number of amides is 1. The molecule has 1 unspecified atom stereocenters. The van der Waals surface area contributed by atoms with E-state index in [0.717, 1.165) is 5.56 Å². The molecular formula is C14H17NO4. The quantitative estimate of drug-likeness (QED) is 0.848. The van der Waals surface area contributed by atoms with E-state index in [1.165, 1.54) is 6.26 Å². The molecule has 1 atom stereocenters. The molecule has 1 aromatic heterocycles. The lowest BCUT2D eigenvalue weighted by Gasteiger charge is -2.26. The average molecular weight is 263 g/mol. The Labute approximate surface area is 111 Å². The number of carbonyl (C=O) groups is 2. The van der Waals surface area contributed by atoms with Gasteiger partial charge in [0.15, 0.2) is 0 Å². The maximum Gasteiger partial charge on any atom is 0.336 e. The Bertz CT molecular complexity index is 514. The molecule has 0 aromatic carbocycles. The summed E-state index contributed by atoms with van der Waals surface area (Å²) in [6.07, 6.45) is 3.11. The van der Waals surface area contributed by atoms with E-state index in [-0.39, 0.29) is 24.3 Å². The number of furan rings is 1. The van der Waals surface area contributed by atoms with Crippen molar-refractivity contribution in [3.63, 3.8) is 0 Å². The molecule has 1 amide bonds. The maximum absolute atomic E-state index is 12.2. The lowest BCUT2D eigenvalue weighted by atomic mass is 9.86. The van der Waals surface area contributed by atoms with Crippen molar-refractivity contribution in [1.29, 1.82) is 0 Å². The third kappa shape index (κ3) is 2.86. The highest BCUT2D eigenvalue weighted by molar-refractivity contribution is 5.95. The van der Waals surface area contributed by atoms with Gasteiger partial charge in [0.2, 0.25) is 5.91 Å². The Morgan fingerprint density at radius 2 is 2.26 bits per heavy atom. The second kappa shape index (κ2) is 5.30. The smallest absolute Gasteiger partial charge is 0.336 e. The van der Waals surface area contributed by atoms with Crippen LogP contribution in [0.4, 0.5) is 0 Å². The lowest BCUT2D eigenvalue weighted by molar-refractivity contribution is -0.143. The highest BCUT2D eigenvalue weighted by atomic mass is 16.5. The first-order valence-electron chi connectivity index (χ1n) is 6.22. The van der Waals surface area contributed by atoms with Crippen LogP contribution < -0.4 is 5.32 Å². The van der Waals surface area contributed by atoms with E-state index in [2.05, 4.69) is 5.32 Å². The SMILES string of the molecule is CC1=C(C(=O)OC(C)C)C(c2ccoc2)CC(=O)N1. The molecule has 2 rings (SSSR count). The van der Waals surface area contributed by atoms with Gasteiger partial charge in [-0.1, -0.05) is 0 Å². The fourth-order valence-corrected chi connectivity index (χ4v) is 2.21. The summed E-state index contributed by atoms with van der Waals surface area (Å²) in [5, 5.41) is 2.68. The van der Waals surface area contributed by atoms with Gasteiger partial charge in [0, 0.05) is 18.0 Å². The van der Waals surface area contributed by atoms with Gasteiger partial charge < -0.3 is 14.5 Å². The summed E-state index contributed by atoms with van der Waals surface area (Å²) < 4.78 is 10.3. The first-order valence-corrected chi connectivity index (χ1v) is 6.22. The average Bonchev–Trinajstić information content (AvgIpc) is 2.79. The Morgan fingerprint density at radius 3 is 2.84 bits per heavy atom. The van der Waals surface area contributed by atoms with Crippen LogP contribution in [0.1, 0.15) is 38.7 Å². The Morgan fingerprint density at radius 1 is 1.53 bits per heavy atom. The van der Waals surface area contributed by atoms with Crippen LogP contribution in [0.25, 0.3) is 0 Å². The summed E-state index contributed by atoms with van der Waals surface area (Å²) in [5.41, 5.74) is 1.85. The van der Waals surface area contributed by atoms with Crippen molar-refractivity contribution in [2.45, 2.75) is 39.2 Å². The number of rotatable bonds is 3. The predicted molar refractivity (Wildman–Crippen MR) is 68.1 cm³/mol. The van der Waals surface area contributed by atoms with Crippen LogP contribution in [0.5, 0.6) is 0 Å². The molecule has 0 aliphatic carbocycles. The number of ether oxygens (including phenoxy) is 1. The van der Waals surface area contributed by atoms with E-state index in [0.29, 0.717) is 11.3 Å². The zero-order valence-corrected chi connectivity index (χ0v) is 11.2. The van der Waals surface area contributed by atoms with Gasteiger partial charge in [-0.3, -0.25) is 4.79 Å². The van der Waals surface area contributed by atoms with Crippen LogP contribution in [0.3, 0.4) is 0 Å². The summed E-state index contributed by atoms with van der Waals surface area (Å²) in [6, 6.07) is 1.76. The number of carbonyl (C=O) groups excluding carboxylic acids is 2. The second-order valence-electron chi connectivity index (χ2n) is 4.85. The van der Waals surface area contributed by atoms with Crippen LogP contribution in [0, 0.1) is 0 Å². The standard InChI is InChI=1S/C14H17NO4/c1-8(2)19-14(17)13-9(3)15-12(16)6-11(13)10-4-5-18-7-10/h4-5,7-8,11H,6H2,1-3H3,(H,15,16). The molecule has 1 N–H and O–H groups in total. The van der Waals surface area contributed by atoms with E-state index in [1.807, 2.05) is 0 Å². The molecule has 0 bridgehead atoms. The van der Waals surface area contributed by atoms with E-state index in [4.69, 9.17) is 9.15 Å². The second-order valence-corrected chi connectivity index (χ2v) is 4.85. The predicted octanol–water partition coefficient (Wildman–Crippen LogP) is 2.11. The summed E-state index contributed by atoms with van der Waals surface area (Å²) in [6.45, 7) is 5.30. The zero-order valence-electron chi connectivity index (χ0n) is 11.2. The molecule has 0 fully saturated rings. The van der Waals surface area contributed by atoms with E-state index < -0.39 is 5.97 Å². The number of allylic oxidation sites excluding steroid dienone is 1. The first kappa shape index (κ1) is 13.4. The molecule has 0 saturated carbocycles. The van der Waals surface area contributed by atoms with Gasteiger partial charge in [-0.2, -0.15) is 0 Å². The van der Waals surface area contributed by atoms with Crippen LogP contribution in [0.15, 0.2) is 34.3 Å². The van der Waals surface area contributed by atoms with Gasteiger partial charge in [-0.25, -0.2) is 4.79 Å². The molecule has 19 heavy (non-hydrogen) atoms. The molecule has 102 valence electrons. The maximum atomic E-state index is 12.2. The summed E-state index contributed by atoms with van der Waals surface area (Å²) in [7, 11) is 0. The van der Waals surface area contributed by atoms with Crippen molar-refractivity contribution in [2.75, 3.05) is 0 Å². The lowest BCUT2D eigenvalue weighted by Crippen LogP contribution is -2.34. The molecule has 5 nitrogen and oxygen atoms in total. The van der Waals surface area contributed by atoms with Crippen LogP contribution >= 0.6 is 0 Å². The number of hydrogen-bond acceptors (Lipinski definition) is 4. The van der Waals surface area contributed by atoms with Crippen LogP contribution in [0.2, 0.25) is 0 Å². The topological polar surface area (TPSA) is 68.5 Å². The summed E-state index contributed by atoms with van der Waals surface area (Å²) >= 11 is 0. The van der Waals surface area contributed by atoms with Gasteiger partial charge in [-0.15, -0.1) is 0 Å². The highest BCUT2D eigenvalue weighted by Gasteiger charge is 2.33. The molecule has 0 radical (unpaired) electrons. The minimum Gasteiger partial charge on any atom is -0.472 e. The molecule has 0 saturated heterocycles. The van der Waals surface area contributed by atoms with Crippen LogP contribution in [-0.2, 0) is 14.3 Å². The third-order valence-corrected chi connectivity index (χ3v) is 2.98. The fraction of sp³-hybridized carbons (Fsp3) is 0.429. The number of nitrogens with one attached hydrogen (secondary N) is 1. The van der Waals surface area contributed by atoms with Crippen molar-refractivity contribution in [3.05, 3.63) is 35.4 Å². The van der Waals surface area contributed by atoms with Crippen molar-refractivity contribution in [2.24, 2.45) is 0 Å². The summed E-state index contributed by atoms with van der Waals surface area (Å²) in [4.78, 5) is 23.8. The van der Waals surface area contributed by atoms with Gasteiger partial charge in [0.05, 0.1) is 24.2 Å². The molecule has 1 aliphatic heterocycles. The van der Waals surface area contributed by atoms with E-state index in [1.54, 1.807) is 33.1 Å². The van der Waals surface area contributed by atoms with Crippen molar-refractivity contribution in [1.82, 2.24) is 5.32 Å². The first-order chi connectivity index (χ1) is 8.99. The van der Waals surface area contributed by atoms with Gasteiger partial charge in [0.1, 0.15) is 0 Å². The molecular weight excluding hydrogens is 246 g/mol. The molecule has 5 heteroatoms. The Kier molecular flexibility index (Phi) is 3.74. The molecule has 1 aliphatic rings. The largest absolute Gasteiger partial charge is 0.472 e. The van der Waals surface area contributed by atoms with Gasteiger partial charge in [-0.05, 0) is 32.4 Å². The Hall–Kier alpha value is -2.04. The van der Waals surface area contributed by atoms with Gasteiger partial charge in [0.25, 0.3) is 0 Å². The molecule has 0 spiro atoms.